The van der Waals surface area contributed by atoms with Crippen molar-refractivity contribution in [1.82, 2.24) is 15.5 Å². The van der Waals surface area contributed by atoms with E-state index in [1.54, 1.807) is 0 Å². The van der Waals surface area contributed by atoms with Crippen molar-refractivity contribution in [2.75, 3.05) is 26.2 Å². The highest BCUT2D eigenvalue weighted by atomic mass is 16.2. The van der Waals surface area contributed by atoms with Gasteiger partial charge < -0.3 is 15.5 Å². The molecule has 4 heteroatoms. The first-order valence-corrected chi connectivity index (χ1v) is 6.51. The Morgan fingerprint density at radius 3 is 2.75 bits per heavy atom. The summed E-state index contributed by atoms with van der Waals surface area (Å²) < 4.78 is 0. The highest BCUT2D eigenvalue weighted by molar-refractivity contribution is 5.76. The smallest absolute Gasteiger partial charge is 0.317 e. The number of hydrogen-bond donors (Lipinski definition) is 2. The average Bonchev–Trinajstić information content (AvgIpc) is 2.59. The average molecular weight is 227 g/mol. The number of unbranched alkanes of at least 4 members (excludes halogenated alkanes) is 2. The highest BCUT2D eigenvalue weighted by Gasteiger charge is 2.25. The number of carbonyl (C=O) groups is 1. The van der Waals surface area contributed by atoms with Crippen LogP contribution < -0.4 is 10.6 Å². The van der Waals surface area contributed by atoms with Crippen molar-refractivity contribution in [3.8, 4) is 0 Å². The van der Waals surface area contributed by atoms with Gasteiger partial charge in [0, 0.05) is 19.1 Å². The van der Waals surface area contributed by atoms with E-state index in [-0.39, 0.29) is 6.03 Å². The van der Waals surface area contributed by atoms with E-state index in [0.29, 0.717) is 6.04 Å². The van der Waals surface area contributed by atoms with Crippen molar-refractivity contribution in [3.05, 3.63) is 0 Å². The minimum absolute atomic E-state index is 0.103. The molecule has 0 radical (unpaired) electrons. The van der Waals surface area contributed by atoms with Crippen LogP contribution in [0.1, 0.15) is 39.5 Å². The van der Waals surface area contributed by atoms with Gasteiger partial charge in [-0.25, -0.2) is 4.79 Å². The molecule has 1 saturated heterocycles. The number of hydrogen-bond acceptors (Lipinski definition) is 2. The lowest BCUT2D eigenvalue weighted by Crippen LogP contribution is -2.33. The van der Waals surface area contributed by atoms with Crippen LogP contribution in [-0.4, -0.2) is 43.2 Å². The van der Waals surface area contributed by atoms with Gasteiger partial charge in [0.2, 0.25) is 0 Å². The van der Waals surface area contributed by atoms with Crippen molar-refractivity contribution < 1.29 is 4.79 Å². The maximum absolute atomic E-state index is 11.4. The molecule has 0 spiro atoms. The van der Waals surface area contributed by atoms with Gasteiger partial charge in [0.25, 0.3) is 0 Å². The second-order valence-electron chi connectivity index (χ2n) is 4.54. The summed E-state index contributed by atoms with van der Waals surface area (Å²) in [7, 11) is 0. The minimum Gasteiger partial charge on any atom is -0.336 e. The summed E-state index contributed by atoms with van der Waals surface area (Å²) in [6.45, 7) is 8.18. The molecule has 1 atom stereocenters. The molecule has 2 N–H and O–H groups in total. The Kier molecular flexibility index (Phi) is 6.23. The maximum Gasteiger partial charge on any atom is 0.317 e. The zero-order valence-corrected chi connectivity index (χ0v) is 10.6. The summed E-state index contributed by atoms with van der Waals surface area (Å²) in [6, 6.07) is 0.465. The number of nitrogens with zero attached hydrogens (tertiary/aromatic N) is 1. The Balaban J connectivity index is 1.96. The third-order valence-corrected chi connectivity index (χ3v) is 3.05. The molecule has 0 saturated carbocycles. The maximum atomic E-state index is 11.4. The van der Waals surface area contributed by atoms with Gasteiger partial charge in [0.1, 0.15) is 0 Å². The van der Waals surface area contributed by atoms with Crippen LogP contribution in [0.3, 0.4) is 0 Å². The lowest BCUT2D eigenvalue weighted by Gasteiger charge is -2.19. The second-order valence-corrected chi connectivity index (χ2v) is 4.54. The fourth-order valence-electron chi connectivity index (χ4n) is 1.93. The first kappa shape index (κ1) is 13.3. The number of urea groups is 1. The molecule has 1 aliphatic rings. The molecule has 16 heavy (non-hydrogen) atoms. The summed E-state index contributed by atoms with van der Waals surface area (Å²) in [6.07, 6.45) is 4.75. The topological polar surface area (TPSA) is 44.4 Å². The van der Waals surface area contributed by atoms with Crippen LogP contribution >= 0.6 is 0 Å². The standard InChI is InChI=1S/C12H25N3O/c1-3-4-7-13-8-5-6-9-15-11(2)10-14-12(15)16/h11,13H,3-10H2,1-2H3,(H,14,16). The Bertz CT molecular complexity index is 208. The third kappa shape index (κ3) is 4.39. The van der Waals surface area contributed by atoms with Gasteiger partial charge in [-0.3, -0.25) is 0 Å². The van der Waals surface area contributed by atoms with Crippen LogP contribution in [-0.2, 0) is 0 Å². The van der Waals surface area contributed by atoms with Crippen LogP contribution in [0.15, 0.2) is 0 Å². The van der Waals surface area contributed by atoms with E-state index in [1.807, 2.05) is 4.90 Å². The van der Waals surface area contributed by atoms with Crippen LogP contribution in [0.25, 0.3) is 0 Å². The normalized spacial score (nSPS) is 20.2. The van der Waals surface area contributed by atoms with E-state index in [4.69, 9.17) is 0 Å². The molecule has 0 aromatic carbocycles. The number of carbonyl (C=O) groups excluding carboxylic acids is 1. The molecule has 2 amide bonds. The van der Waals surface area contributed by atoms with Gasteiger partial charge in [0.15, 0.2) is 0 Å². The van der Waals surface area contributed by atoms with Crippen molar-refractivity contribution in [1.29, 1.82) is 0 Å². The molecule has 0 aromatic heterocycles. The van der Waals surface area contributed by atoms with Crippen molar-refractivity contribution in [2.24, 2.45) is 0 Å². The Morgan fingerprint density at radius 1 is 1.38 bits per heavy atom. The van der Waals surface area contributed by atoms with Gasteiger partial charge >= 0.3 is 6.03 Å². The molecule has 0 aliphatic carbocycles. The molecule has 1 aliphatic heterocycles. The Hall–Kier alpha value is -0.770. The van der Waals surface area contributed by atoms with Crippen molar-refractivity contribution in [3.63, 3.8) is 0 Å². The molecule has 1 rings (SSSR count). The van der Waals surface area contributed by atoms with E-state index < -0.39 is 0 Å². The molecule has 1 heterocycles. The van der Waals surface area contributed by atoms with Crippen molar-refractivity contribution in [2.45, 2.75) is 45.6 Å². The zero-order chi connectivity index (χ0) is 11.8. The van der Waals surface area contributed by atoms with E-state index >= 15 is 0 Å². The SMILES string of the molecule is CCCCNCCCCN1C(=O)NCC1C. The summed E-state index contributed by atoms with van der Waals surface area (Å²) in [5, 5.41) is 6.27. The molecule has 4 nitrogen and oxygen atoms in total. The molecular formula is C12H25N3O. The second kappa shape index (κ2) is 7.49. The molecule has 94 valence electrons. The first-order valence-electron chi connectivity index (χ1n) is 6.51. The van der Waals surface area contributed by atoms with Gasteiger partial charge in [-0.15, -0.1) is 0 Å². The fraction of sp³-hybridized carbons (Fsp3) is 0.917. The molecular weight excluding hydrogens is 202 g/mol. The van der Waals surface area contributed by atoms with E-state index in [2.05, 4.69) is 24.5 Å². The van der Waals surface area contributed by atoms with E-state index in [1.165, 1.54) is 12.8 Å². The fourth-order valence-corrected chi connectivity index (χ4v) is 1.93. The summed E-state index contributed by atoms with van der Waals surface area (Å²) in [5.41, 5.74) is 0. The number of nitrogens with one attached hydrogen (secondary N) is 2. The quantitative estimate of drug-likeness (QED) is 0.618. The van der Waals surface area contributed by atoms with Crippen LogP contribution in [0, 0.1) is 0 Å². The summed E-state index contributed by atoms with van der Waals surface area (Å²) in [4.78, 5) is 13.3. The van der Waals surface area contributed by atoms with Gasteiger partial charge in [-0.1, -0.05) is 13.3 Å². The van der Waals surface area contributed by atoms with Crippen molar-refractivity contribution >= 4 is 6.03 Å². The molecule has 1 fully saturated rings. The summed E-state index contributed by atoms with van der Waals surface area (Å²) in [5.74, 6) is 0. The predicted molar refractivity (Wildman–Crippen MR) is 66.6 cm³/mol. The first-order chi connectivity index (χ1) is 7.75. The highest BCUT2D eigenvalue weighted by Crippen LogP contribution is 2.07. The molecule has 1 unspecified atom stereocenters. The lowest BCUT2D eigenvalue weighted by atomic mass is 10.2. The van der Waals surface area contributed by atoms with Gasteiger partial charge in [-0.05, 0) is 39.3 Å². The molecule has 0 bridgehead atoms. The van der Waals surface area contributed by atoms with E-state index in [0.717, 1.165) is 39.0 Å². The van der Waals surface area contributed by atoms with Gasteiger partial charge in [0.05, 0.1) is 0 Å². The Morgan fingerprint density at radius 2 is 2.12 bits per heavy atom. The largest absolute Gasteiger partial charge is 0.336 e. The van der Waals surface area contributed by atoms with Gasteiger partial charge in [-0.2, -0.15) is 0 Å². The minimum atomic E-state index is 0.103. The molecule has 0 aromatic rings. The van der Waals surface area contributed by atoms with Crippen LogP contribution in [0.2, 0.25) is 0 Å². The van der Waals surface area contributed by atoms with E-state index in [9.17, 15) is 4.79 Å². The summed E-state index contributed by atoms with van der Waals surface area (Å²) >= 11 is 0. The lowest BCUT2D eigenvalue weighted by molar-refractivity contribution is 0.205. The van der Waals surface area contributed by atoms with Crippen LogP contribution in [0.5, 0.6) is 0 Å². The number of rotatable bonds is 8. The number of amides is 2. The third-order valence-electron chi connectivity index (χ3n) is 3.05. The van der Waals surface area contributed by atoms with Crippen LogP contribution in [0.4, 0.5) is 4.79 Å². The Labute approximate surface area is 98.8 Å². The monoisotopic (exact) mass is 227 g/mol. The predicted octanol–water partition coefficient (Wildman–Crippen LogP) is 1.57. The zero-order valence-electron chi connectivity index (χ0n) is 10.6.